The number of hydrogen-bond donors (Lipinski definition) is 2. The molecule has 19 heavy (non-hydrogen) atoms. The van der Waals surface area contributed by atoms with Crippen LogP contribution in [-0.4, -0.2) is 22.8 Å². The number of phenolic OH excluding ortho intramolecular Hbond substituents is 1. The smallest absolute Gasteiger partial charge is 0.123 e. The Labute approximate surface area is 115 Å². The van der Waals surface area contributed by atoms with Crippen molar-refractivity contribution in [3.05, 3.63) is 23.8 Å². The van der Waals surface area contributed by atoms with Crippen LogP contribution in [0.2, 0.25) is 0 Å². The zero-order valence-corrected chi connectivity index (χ0v) is 12.0. The predicted molar refractivity (Wildman–Crippen MR) is 78.6 cm³/mol. The van der Waals surface area contributed by atoms with Crippen LogP contribution >= 0.6 is 0 Å². The van der Waals surface area contributed by atoms with Gasteiger partial charge in [0.2, 0.25) is 0 Å². The summed E-state index contributed by atoms with van der Waals surface area (Å²) in [5.41, 5.74) is 1.67. The summed E-state index contributed by atoms with van der Waals surface area (Å²) in [5.74, 6) is 0.196. The van der Waals surface area contributed by atoms with E-state index in [4.69, 9.17) is 0 Å². The third kappa shape index (κ3) is 3.21. The second-order valence-electron chi connectivity index (χ2n) is 5.50. The largest absolute Gasteiger partial charge is 0.507 e. The number of benzene rings is 1. The van der Waals surface area contributed by atoms with Crippen molar-refractivity contribution in [1.29, 1.82) is 0 Å². The molecule has 0 radical (unpaired) electrons. The highest BCUT2D eigenvalue weighted by Gasteiger charge is 2.21. The summed E-state index contributed by atoms with van der Waals surface area (Å²) in [6, 6.07) is 6.23. The molecule has 0 spiro atoms. The first-order valence-electron chi connectivity index (χ1n) is 7.41. The molecule has 0 aromatic heterocycles. The predicted octanol–water partition coefficient (Wildman–Crippen LogP) is 3.60. The monoisotopic (exact) mass is 263 g/mol. The quantitative estimate of drug-likeness (QED) is 0.872. The normalized spacial score (nSPS) is 18.3. The van der Waals surface area contributed by atoms with E-state index in [1.165, 1.54) is 32.1 Å². The van der Waals surface area contributed by atoms with Gasteiger partial charge in [-0.3, -0.25) is 0 Å². The molecule has 0 heterocycles. The molecule has 2 rings (SSSR count). The summed E-state index contributed by atoms with van der Waals surface area (Å²) < 4.78 is 0. The summed E-state index contributed by atoms with van der Waals surface area (Å²) in [5, 5.41) is 19.6. The fraction of sp³-hybridized carbons (Fsp3) is 0.625. The average molecular weight is 263 g/mol. The Morgan fingerprint density at radius 1 is 1.26 bits per heavy atom. The maximum absolute atomic E-state index is 10.0. The Kier molecular flexibility index (Phi) is 4.70. The van der Waals surface area contributed by atoms with E-state index in [0.717, 1.165) is 12.2 Å². The summed E-state index contributed by atoms with van der Waals surface area (Å²) in [7, 11) is 0. The Hall–Kier alpha value is -1.22. The molecule has 0 bridgehead atoms. The van der Waals surface area contributed by atoms with Crippen LogP contribution < -0.4 is 4.90 Å². The van der Waals surface area contributed by atoms with Crippen molar-refractivity contribution in [3.8, 4) is 5.75 Å². The van der Waals surface area contributed by atoms with Crippen LogP contribution in [0.5, 0.6) is 5.75 Å². The van der Waals surface area contributed by atoms with Crippen LogP contribution in [0.1, 0.15) is 57.6 Å². The van der Waals surface area contributed by atoms with Crippen LogP contribution in [0.15, 0.2) is 18.2 Å². The van der Waals surface area contributed by atoms with Crippen LogP contribution in [-0.2, 0) is 0 Å². The van der Waals surface area contributed by atoms with Gasteiger partial charge in [-0.15, -0.1) is 0 Å². The van der Waals surface area contributed by atoms with Crippen molar-refractivity contribution in [2.45, 2.75) is 58.1 Å². The van der Waals surface area contributed by atoms with E-state index in [1.807, 2.05) is 12.1 Å². The van der Waals surface area contributed by atoms with Gasteiger partial charge in [0, 0.05) is 29.9 Å². The number of aliphatic hydroxyl groups excluding tert-OH is 1. The van der Waals surface area contributed by atoms with Crippen molar-refractivity contribution in [3.63, 3.8) is 0 Å². The Balaban J connectivity index is 2.20. The molecule has 1 aliphatic rings. The number of hydrogen-bond acceptors (Lipinski definition) is 3. The molecule has 1 aliphatic carbocycles. The minimum absolute atomic E-state index is 0.196. The molecule has 1 saturated carbocycles. The Morgan fingerprint density at radius 2 is 1.95 bits per heavy atom. The summed E-state index contributed by atoms with van der Waals surface area (Å²) in [4.78, 5) is 2.38. The molecule has 3 nitrogen and oxygen atoms in total. The zero-order chi connectivity index (χ0) is 13.8. The van der Waals surface area contributed by atoms with Gasteiger partial charge in [0.25, 0.3) is 0 Å². The molecule has 2 N–H and O–H groups in total. The summed E-state index contributed by atoms with van der Waals surface area (Å²) >= 11 is 0. The first-order chi connectivity index (χ1) is 9.13. The van der Waals surface area contributed by atoms with E-state index in [9.17, 15) is 10.2 Å². The van der Waals surface area contributed by atoms with Crippen LogP contribution in [0.25, 0.3) is 0 Å². The molecule has 0 amide bonds. The van der Waals surface area contributed by atoms with Gasteiger partial charge in [-0.05, 0) is 32.8 Å². The van der Waals surface area contributed by atoms with Gasteiger partial charge in [-0.1, -0.05) is 25.3 Å². The number of nitrogens with zero attached hydrogens (tertiary/aromatic N) is 1. The number of anilines is 1. The van der Waals surface area contributed by atoms with Crippen LogP contribution in [0.3, 0.4) is 0 Å². The first kappa shape index (κ1) is 14.2. The van der Waals surface area contributed by atoms with E-state index in [2.05, 4.69) is 11.8 Å². The van der Waals surface area contributed by atoms with Crippen molar-refractivity contribution in [2.24, 2.45) is 0 Å². The molecule has 0 saturated heterocycles. The first-order valence-corrected chi connectivity index (χ1v) is 7.41. The highest BCUT2D eigenvalue weighted by atomic mass is 16.3. The Morgan fingerprint density at radius 3 is 2.47 bits per heavy atom. The Bertz CT molecular complexity index is 411. The molecule has 0 aliphatic heterocycles. The number of phenols is 1. The lowest BCUT2D eigenvalue weighted by Gasteiger charge is -2.35. The summed E-state index contributed by atoms with van der Waals surface area (Å²) in [6.45, 7) is 4.79. The van der Waals surface area contributed by atoms with Gasteiger partial charge in [-0.2, -0.15) is 0 Å². The molecular formula is C16H25NO2. The van der Waals surface area contributed by atoms with Gasteiger partial charge in [0.05, 0.1) is 6.10 Å². The number of aliphatic hydroxyl groups is 1. The lowest BCUT2D eigenvalue weighted by atomic mass is 9.93. The SMILES string of the molecule is CCN(c1ccc(C(C)O)c(O)c1)C1CCCCC1. The van der Waals surface area contributed by atoms with E-state index >= 15 is 0 Å². The molecular weight excluding hydrogens is 238 g/mol. The highest BCUT2D eigenvalue weighted by Crippen LogP contribution is 2.32. The minimum Gasteiger partial charge on any atom is -0.507 e. The molecule has 106 valence electrons. The average Bonchev–Trinajstić information content (AvgIpc) is 2.40. The standard InChI is InChI=1S/C16H25NO2/c1-3-17(13-7-5-4-6-8-13)14-9-10-15(12(2)18)16(19)11-14/h9-13,18-19H,3-8H2,1-2H3. The van der Waals surface area contributed by atoms with Crippen molar-refractivity contribution < 1.29 is 10.2 Å². The third-order valence-corrected chi connectivity index (χ3v) is 4.15. The van der Waals surface area contributed by atoms with Gasteiger partial charge in [0.1, 0.15) is 5.75 Å². The lowest BCUT2D eigenvalue weighted by Crippen LogP contribution is -2.36. The molecule has 1 aromatic carbocycles. The van der Waals surface area contributed by atoms with Crippen LogP contribution in [0, 0.1) is 0 Å². The fourth-order valence-corrected chi connectivity index (χ4v) is 3.11. The second-order valence-corrected chi connectivity index (χ2v) is 5.50. The van der Waals surface area contributed by atoms with Crippen molar-refractivity contribution in [1.82, 2.24) is 0 Å². The van der Waals surface area contributed by atoms with E-state index in [0.29, 0.717) is 11.6 Å². The maximum Gasteiger partial charge on any atom is 0.123 e. The third-order valence-electron chi connectivity index (χ3n) is 4.15. The number of rotatable bonds is 4. The van der Waals surface area contributed by atoms with E-state index in [-0.39, 0.29) is 5.75 Å². The van der Waals surface area contributed by atoms with Gasteiger partial charge in [-0.25, -0.2) is 0 Å². The molecule has 3 heteroatoms. The van der Waals surface area contributed by atoms with Gasteiger partial charge in [0.15, 0.2) is 0 Å². The van der Waals surface area contributed by atoms with Crippen LogP contribution in [0.4, 0.5) is 5.69 Å². The van der Waals surface area contributed by atoms with Gasteiger partial charge >= 0.3 is 0 Å². The highest BCUT2D eigenvalue weighted by molar-refractivity contribution is 5.54. The van der Waals surface area contributed by atoms with Gasteiger partial charge < -0.3 is 15.1 Å². The summed E-state index contributed by atoms with van der Waals surface area (Å²) in [6.07, 6.45) is 5.82. The number of aromatic hydroxyl groups is 1. The van der Waals surface area contributed by atoms with Crippen molar-refractivity contribution >= 4 is 5.69 Å². The topological polar surface area (TPSA) is 43.7 Å². The lowest BCUT2D eigenvalue weighted by molar-refractivity contribution is 0.195. The molecule has 1 fully saturated rings. The second kappa shape index (κ2) is 6.29. The van der Waals surface area contributed by atoms with E-state index < -0.39 is 6.10 Å². The molecule has 1 unspecified atom stereocenters. The maximum atomic E-state index is 10.0. The van der Waals surface area contributed by atoms with Crippen molar-refractivity contribution in [2.75, 3.05) is 11.4 Å². The molecule has 1 aromatic rings. The molecule has 1 atom stereocenters. The van der Waals surface area contributed by atoms with E-state index in [1.54, 1.807) is 13.0 Å². The zero-order valence-electron chi connectivity index (χ0n) is 12.0. The minimum atomic E-state index is -0.626. The fourth-order valence-electron chi connectivity index (χ4n) is 3.11.